The van der Waals surface area contributed by atoms with Gasteiger partial charge in [0.25, 0.3) is 0 Å². The molecule has 65 heavy (non-hydrogen) atoms. The van der Waals surface area contributed by atoms with E-state index in [2.05, 4.69) is 248 Å². The molecule has 2 heteroatoms. The van der Waals surface area contributed by atoms with E-state index < -0.39 is 0 Å². The predicted octanol–water partition coefficient (Wildman–Crippen LogP) is 18.1. The normalized spacial score (nSPS) is 13.4. The number of para-hydroxylation sites is 3. The number of rotatable bonds is 6. The van der Waals surface area contributed by atoms with Gasteiger partial charge in [-0.2, -0.15) is 0 Å². The molecule has 0 bridgehead atoms. The molecule has 1 aromatic heterocycles. The minimum absolute atomic E-state index is 0.0150. The van der Waals surface area contributed by atoms with Crippen molar-refractivity contribution in [3.63, 3.8) is 0 Å². The molecule has 1 aliphatic rings. The van der Waals surface area contributed by atoms with Crippen molar-refractivity contribution in [2.24, 2.45) is 0 Å². The van der Waals surface area contributed by atoms with Crippen molar-refractivity contribution in [3.05, 3.63) is 210 Å². The lowest BCUT2D eigenvalue weighted by Gasteiger charge is -2.31. The van der Waals surface area contributed by atoms with Crippen LogP contribution >= 0.6 is 0 Å². The maximum atomic E-state index is 6.63. The van der Waals surface area contributed by atoms with Gasteiger partial charge in [-0.05, 0) is 108 Å². The van der Waals surface area contributed by atoms with E-state index in [0.717, 1.165) is 44.6 Å². The number of furan rings is 1. The van der Waals surface area contributed by atoms with Crippen LogP contribution in [0.4, 0.5) is 17.1 Å². The SMILES string of the molecule is CC(C)(C)c1cc(-c2cccc3cccc(-c4ccccc4N(c4ccccc4-c4cccc5c4-c4ccccc4C5(C)C)c4cccc5oc6ccccc6c45)c23)cc(C(C)(C)C)c1. The molecular weight excluding hydrogens is 787 g/mol. The lowest BCUT2D eigenvalue weighted by molar-refractivity contribution is 0.569. The summed E-state index contributed by atoms with van der Waals surface area (Å²) in [6.45, 7) is 18.7. The second-order valence-electron chi connectivity index (χ2n) is 20.5. The Hall–Kier alpha value is -7.16. The number of hydrogen-bond acceptors (Lipinski definition) is 2. The lowest BCUT2D eigenvalue weighted by atomic mass is 9.78. The molecule has 0 fully saturated rings. The first kappa shape index (κ1) is 40.6. The van der Waals surface area contributed by atoms with E-state index in [-0.39, 0.29) is 16.2 Å². The van der Waals surface area contributed by atoms with Crippen LogP contribution in [0.1, 0.15) is 77.6 Å². The summed E-state index contributed by atoms with van der Waals surface area (Å²) in [6, 6.07) is 69.7. The Bertz CT molecular complexity index is 3460. The summed E-state index contributed by atoms with van der Waals surface area (Å²) in [7, 11) is 0. The molecule has 0 saturated heterocycles. The Balaban J connectivity index is 1.22. The molecule has 0 amide bonds. The molecule has 2 nitrogen and oxygen atoms in total. The van der Waals surface area contributed by atoms with Gasteiger partial charge < -0.3 is 9.32 Å². The van der Waals surface area contributed by atoms with Gasteiger partial charge in [0.15, 0.2) is 0 Å². The highest BCUT2D eigenvalue weighted by Crippen LogP contribution is 2.55. The second-order valence-corrected chi connectivity index (χ2v) is 20.5. The molecule has 0 unspecified atom stereocenters. The van der Waals surface area contributed by atoms with Gasteiger partial charge in [0, 0.05) is 21.9 Å². The van der Waals surface area contributed by atoms with E-state index >= 15 is 0 Å². The van der Waals surface area contributed by atoms with Crippen molar-refractivity contribution in [1.82, 2.24) is 0 Å². The van der Waals surface area contributed by atoms with E-state index in [0.29, 0.717) is 0 Å². The molecule has 1 heterocycles. The summed E-state index contributed by atoms with van der Waals surface area (Å²) in [5.41, 5.74) is 20.1. The highest BCUT2D eigenvalue weighted by Gasteiger charge is 2.37. The quantitative estimate of drug-likeness (QED) is 0.166. The van der Waals surface area contributed by atoms with Crippen LogP contribution in [-0.2, 0) is 16.2 Å². The van der Waals surface area contributed by atoms with Crippen LogP contribution in [0.2, 0.25) is 0 Å². The first-order chi connectivity index (χ1) is 31.3. The molecular formula is C63H55NO. The third-order valence-corrected chi connectivity index (χ3v) is 14.0. The number of hydrogen-bond donors (Lipinski definition) is 0. The summed E-state index contributed by atoms with van der Waals surface area (Å²) >= 11 is 0. The largest absolute Gasteiger partial charge is 0.456 e. The van der Waals surface area contributed by atoms with Gasteiger partial charge in [-0.25, -0.2) is 0 Å². The van der Waals surface area contributed by atoms with Crippen LogP contribution in [0.5, 0.6) is 0 Å². The van der Waals surface area contributed by atoms with E-state index in [1.54, 1.807) is 0 Å². The first-order valence-corrected chi connectivity index (χ1v) is 23.1. The summed E-state index contributed by atoms with van der Waals surface area (Å²) in [4.78, 5) is 2.51. The third kappa shape index (κ3) is 6.61. The zero-order valence-electron chi connectivity index (χ0n) is 38.8. The standard InChI is InChI=1S/C63H55NO/c1-61(2,3)42-37-41(38-43(39-42)62(4,5)6)44-27-17-21-40-22-18-28-47(58(40)44)45-23-10-14-32-53(45)64(55-34-20-36-57-60(55)50-26-12-16-35-56(50)65-57)54-33-15-11-24-46(54)48-29-19-31-52-59(48)49-25-9-13-30-51(49)63(52,7)8/h9-39H,1-8H3. The highest BCUT2D eigenvalue weighted by atomic mass is 16.3. The van der Waals surface area contributed by atoms with Crippen molar-refractivity contribution >= 4 is 49.8 Å². The van der Waals surface area contributed by atoms with Gasteiger partial charge in [-0.15, -0.1) is 0 Å². The zero-order valence-corrected chi connectivity index (χ0v) is 38.8. The molecule has 0 N–H and O–H groups in total. The van der Waals surface area contributed by atoms with Crippen molar-refractivity contribution < 1.29 is 4.42 Å². The number of anilines is 3. The fourth-order valence-corrected chi connectivity index (χ4v) is 10.6. The number of fused-ring (bicyclic) bond motifs is 7. The molecule has 318 valence electrons. The third-order valence-electron chi connectivity index (χ3n) is 14.0. The molecule has 0 saturated carbocycles. The smallest absolute Gasteiger partial charge is 0.137 e. The average Bonchev–Trinajstić information content (AvgIpc) is 3.81. The van der Waals surface area contributed by atoms with Crippen molar-refractivity contribution in [3.8, 4) is 44.5 Å². The maximum absolute atomic E-state index is 6.63. The predicted molar refractivity (Wildman–Crippen MR) is 277 cm³/mol. The summed E-state index contributed by atoms with van der Waals surface area (Å²) in [5.74, 6) is 0. The van der Waals surface area contributed by atoms with Gasteiger partial charge in [0.1, 0.15) is 11.2 Å². The van der Waals surface area contributed by atoms with E-state index in [4.69, 9.17) is 4.42 Å². The maximum Gasteiger partial charge on any atom is 0.137 e. The lowest BCUT2D eigenvalue weighted by Crippen LogP contribution is -2.16. The molecule has 0 spiro atoms. The van der Waals surface area contributed by atoms with Gasteiger partial charge in [0.2, 0.25) is 0 Å². The van der Waals surface area contributed by atoms with Crippen LogP contribution in [0.3, 0.4) is 0 Å². The van der Waals surface area contributed by atoms with Crippen molar-refractivity contribution in [2.45, 2.75) is 71.6 Å². The number of benzene rings is 9. The van der Waals surface area contributed by atoms with Gasteiger partial charge in [-0.1, -0.05) is 213 Å². The Morgan fingerprint density at radius 2 is 0.892 bits per heavy atom. The minimum atomic E-state index is -0.128. The Morgan fingerprint density at radius 3 is 1.58 bits per heavy atom. The topological polar surface area (TPSA) is 16.4 Å². The van der Waals surface area contributed by atoms with Gasteiger partial charge in [-0.3, -0.25) is 0 Å². The Morgan fingerprint density at radius 1 is 0.400 bits per heavy atom. The second kappa shape index (κ2) is 15.0. The average molecular weight is 842 g/mol. The number of nitrogens with zero attached hydrogens (tertiary/aromatic N) is 1. The summed E-state index contributed by atoms with van der Waals surface area (Å²) in [5, 5.41) is 4.64. The highest BCUT2D eigenvalue weighted by molar-refractivity contribution is 6.16. The van der Waals surface area contributed by atoms with Crippen LogP contribution in [0.25, 0.3) is 77.2 Å². The molecule has 0 aliphatic heterocycles. The minimum Gasteiger partial charge on any atom is -0.456 e. The van der Waals surface area contributed by atoms with Crippen molar-refractivity contribution in [1.29, 1.82) is 0 Å². The zero-order chi connectivity index (χ0) is 44.8. The fourth-order valence-electron chi connectivity index (χ4n) is 10.6. The van der Waals surface area contributed by atoms with Gasteiger partial charge >= 0.3 is 0 Å². The fraction of sp³-hybridized carbons (Fsp3) is 0.175. The molecule has 0 radical (unpaired) electrons. The van der Waals surface area contributed by atoms with E-state index in [9.17, 15) is 0 Å². The van der Waals surface area contributed by atoms with E-state index in [1.807, 2.05) is 0 Å². The van der Waals surface area contributed by atoms with Crippen molar-refractivity contribution in [2.75, 3.05) is 4.90 Å². The van der Waals surface area contributed by atoms with Crippen LogP contribution in [0, 0.1) is 0 Å². The van der Waals surface area contributed by atoms with Crippen LogP contribution < -0.4 is 4.90 Å². The molecule has 0 atom stereocenters. The molecule has 11 rings (SSSR count). The molecule has 10 aromatic rings. The molecule has 9 aromatic carbocycles. The Labute approximate surface area is 383 Å². The van der Waals surface area contributed by atoms with Gasteiger partial charge in [0.05, 0.1) is 22.4 Å². The Kier molecular flexibility index (Phi) is 9.35. The van der Waals surface area contributed by atoms with Crippen LogP contribution in [-0.4, -0.2) is 0 Å². The summed E-state index contributed by atoms with van der Waals surface area (Å²) < 4.78 is 6.63. The monoisotopic (exact) mass is 841 g/mol. The van der Waals surface area contributed by atoms with Crippen LogP contribution in [0.15, 0.2) is 192 Å². The van der Waals surface area contributed by atoms with E-state index in [1.165, 1.54) is 72.0 Å². The molecule has 1 aliphatic carbocycles. The first-order valence-electron chi connectivity index (χ1n) is 23.1. The summed E-state index contributed by atoms with van der Waals surface area (Å²) in [6.07, 6.45) is 0.